The van der Waals surface area contributed by atoms with Gasteiger partial charge in [-0.05, 0) is 44.4 Å². The van der Waals surface area contributed by atoms with Gasteiger partial charge in [0, 0.05) is 24.7 Å². The minimum Gasteiger partial charge on any atom is -0.373 e. The Morgan fingerprint density at radius 3 is 2.43 bits per heavy atom. The molecule has 0 bridgehead atoms. The zero-order valence-electron chi connectivity index (χ0n) is 19.3. The SMILES string of the molecule is CC[C@@H](NC(=O)c1cc(C(=O)N2CCCC2C)n2c1COCC2)c1c(F)cc(C(F)(F)F)cc1F. The molecule has 0 spiro atoms. The molecule has 2 aliphatic rings. The molecule has 1 unspecified atom stereocenters. The minimum atomic E-state index is -4.91. The molecule has 2 aliphatic heterocycles. The van der Waals surface area contributed by atoms with Crippen molar-refractivity contribution in [2.75, 3.05) is 13.2 Å². The fourth-order valence-corrected chi connectivity index (χ4v) is 4.78. The van der Waals surface area contributed by atoms with Gasteiger partial charge in [0.1, 0.15) is 17.3 Å². The van der Waals surface area contributed by atoms with Gasteiger partial charge in [0.25, 0.3) is 11.8 Å². The van der Waals surface area contributed by atoms with E-state index in [4.69, 9.17) is 4.74 Å². The third-order valence-corrected chi connectivity index (χ3v) is 6.65. The summed E-state index contributed by atoms with van der Waals surface area (Å²) in [5, 5.41) is 2.53. The van der Waals surface area contributed by atoms with Gasteiger partial charge in [0.15, 0.2) is 0 Å². The Labute approximate surface area is 199 Å². The number of aromatic nitrogens is 1. The molecule has 11 heteroatoms. The van der Waals surface area contributed by atoms with Crippen molar-refractivity contribution in [3.8, 4) is 0 Å². The Hall–Kier alpha value is -2.95. The van der Waals surface area contributed by atoms with Crippen molar-refractivity contribution < 1.29 is 36.3 Å². The molecule has 2 atom stereocenters. The van der Waals surface area contributed by atoms with Crippen LogP contribution < -0.4 is 5.32 Å². The Morgan fingerprint density at radius 1 is 1.17 bits per heavy atom. The summed E-state index contributed by atoms with van der Waals surface area (Å²) < 4.78 is 75.0. The molecule has 2 aromatic rings. The van der Waals surface area contributed by atoms with Gasteiger partial charge in [0.2, 0.25) is 0 Å². The summed E-state index contributed by atoms with van der Waals surface area (Å²) >= 11 is 0. The fraction of sp³-hybridized carbons (Fsp3) is 0.500. The average molecular weight is 499 g/mol. The maximum absolute atomic E-state index is 14.6. The van der Waals surface area contributed by atoms with Crippen LogP contribution in [-0.4, -0.2) is 40.5 Å². The highest BCUT2D eigenvalue weighted by Crippen LogP contribution is 2.34. The molecule has 35 heavy (non-hydrogen) atoms. The molecule has 1 fully saturated rings. The van der Waals surface area contributed by atoms with E-state index >= 15 is 0 Å². The molecule has 3 heterocycles. The summed E-state index contributed by atoms with van der Waals surface area (Å²) in [4.78, 5) is 28.2. The van der Waals surface area contributed by atoms with Crippen LogP contribution in [-0.2, 0) is 24.1 Å². The highest BCUT2D eigenvalue weighted by atomic mass is 19.4. The lowest BCUT2D eigenvalue weighted by molar-refractivity contribution is -0.138. The third kappa shape index (κ3) is 4.78. The molecule has 1 N–H and O–H groups in total. The van der Waals surface area contributed by atoms with E-state index in [1.165, 1.54) is 6.07 Å². The molecular formula is C24H26F5N3O3. The topological polar surface area (TPSA) is 63.6 Å². The number of halogens is 5. The Bertz CT molecular complexity index is 1120. The number of nitrogens with one attached hydrogen (secondary N) is 1. The van der Waals surface area contributed by atoms with Crippen LogP contribution >= 0.6 is 0 Å². The van der Waals surface area contributed by atoms with Crippen LogP contribution in [0.3, 0.4) is 0 Å². The lowest BCUT2D eigenvalue weighted by atomic mass is 10.00. The van der Waals surface area contributed by atoms with Crippen molar-refractivity contribution in [3.05, 3.63) is 57.9 Å². The summed E-state index contributed by atoms with van der Waals surface area (Å²) in [7, 11) is 0. The van der Waals surface area contributed by atoms with Crippen LogP contribution in [0.2, 0.25) is 0 Å². The number of carbonyl (C=O) groups excluding carboxylic acids is 2. The average Bonchev–Trinajstić information content (AvgIpc) is 3.40. The summed E-state index contributed by atoms with van der Waals surface area (Å²) in [5.41, 5.74) is -1.17. The van der Waals surface area contributed by atoms with Crippen LogP contribution in [0.4, 0.5) is 22.0 Å². The molecule has 2 amide bonds. The normalized spacial score (nSPS) is 18.9. The Kier molecular flexibility index (Phi) is 6.90. The van der Waals surface area contributed by atoms with E-state index in [2.05, 4.69) is 5.32 Å². The first kappa shape index (κ1) is 25.2. The predicted molar refractivity (Wildman–Crippen MR) is 116 cm³/mol. The van der Waals surface area contributed by atoms with Crippen LogP contribution in [0.5, 0.6) is 0 Å². The molecule has 190 valence electrons. The lowest BCUT2D eigenvalue weighted by Crippen LogP contribution is -2.35. The second kappa shape index (κ2) is 9.60. The summed E-state index contributed by atoms with van der Waals surface area (Å²) in [5.74, 6) is -3.70. The number of fused-ring (bicyclic) bond motifs is 1. The number of alkyl halides is 3. The zero-order valence-corrected chi connectivity index (χ0v) is 19.3. The molecular weight excluding hydrogens is 473 g/mol. The number of amides is 2. The lowest BCUT2D eigenvalue weighted by Gasteiger charge is -2.24. The van der Waals surface area contributed by atoms with Crippen LogP contribution in [0, 0.1) is 11.6 Å². The van der Waals surface area contributed by atoms with Crippen molar-refractivity contribution in [1.82, 2.24) is 14.8 Å². The highest BCUT2D eigenvalue weighted by Gasteiger charge is 2.35. The molecule has 6 nitrogen and oxygen atoms in total. The number of likely N-dealkylation sites (tertiary alicyclic amines) is 1. The van der Waals surface area contributed by atoms with Gasteiger partial charge in [-0.3, -0.25) is 9.59 Å². The monoisotopic (exact) mass is 499 g/mol. The molecule has 0 aliphatic carbocycles. The van der Waals surface area contributed by atoms with Gasteiger partial charge in [-0.2, -0.15) is 13.2 Å². The first-order chi connectivity index (χ1) is 16.5. The number of hydrogen-bond donors (Lipinski definition) is 1. The first-order valence-corrected chi connectivity index (χ1v) is 11.5. The van der Waals surface area contributed by atoms with Crippen LogP contribution in [0.25, 0.3) is 0 Å². The standard InChI is InChI=1S/C24H26F5N3O3/c1-3-18(21-16(25)9-14(10-17(21)26)24(27,28)29)30-22(33)15-11-19(32-7-8-35-12-20(15)32)23(34)31-6-4-5-13(31)2/h9-11,13,18H,3-8,12H2,1-2H3,(H,30,33)/t13?,18-/m1/s1. The maximum Gasteiger partial charge on any atom is 0.416 e. The second-order valence-electron chi connectivity index (χ2n) is 8.87. The molecule has 0 saturated carbocycles. The Morgan fingerprint density at radius 2 is 1.86 bits per heavy atom. The van der Waals surface area contributed by atoms with Crippen molar-refractivity contribution in [2.24, 2.45) is 0 Å². The van der Waals surface area contributed by atoms with Crippen molar-refractivity contribution >= 4 is 11.8 Å². The van der Waals surface area contributed by atoms with E-state index < -0.39 is 40.9 Å². The molecule has 0 radical (unpaired) electrons. The van der Waals surface area contributed by atoms with Gasteiger partial charge < -0.3 is 19.5 Å². The smallest absolute Gasteiger partial charge is 0.373 e. The number of benzene rings is 1. The van der Waals surface area contributed by atoms with Gasteiger partial charge in [-0.25, -0.2) is 8.78 Å². The van der Waals surface area contributed by atoms with Crippen molar-refractivity contribution in [1.29, 1.82) is 0 Å². The van der Waals surface area contributed by atoms with Gasteiger partial charge in [-0.15, -0.1) is 0 Å². The van der Waals surface area contributed by atoms with E-state index in [0.29, 0.717) is 31.1 Å². The largest absolute Gasteiger partial charge is 0.416 e. The zero-order chi connectivity index (χ0) is 25.5. The minimum absolute atomic E-state index is 0.0224. The number of carbonyl (C=O) groups is 2. The molecule has 1 aromatic heterocycles. The molecule has 1 aromatic carbocycles. The number of hydrogen-bond acceptors (Lipinski definition) is 3. The van der Waals surface area contributed by atoms with Crippen molar-refractivity contribution in [3.63, 3.8) is 0 Å². The summed E-state index contributed by atoms with van der Waals surface area (Å²) in [6.07, 6.45) is -3.11. The van der Waals surface area contributed by atoms with E-state index in [0.717, 1.165) is 12.8 Å². The summed E-state index contributed by atoms with van der Waals surface area (Å²) in [6, 6.07) is 0.743. The molecule has 4 rings (SSSR count). The van der Waals surface area contributed by atoms with Gasteiger partial charge in [0.05, 0.1) is 36.1 Å². The van der Waals surface area contributed by atoms with Crippen LogP contribution in [0.15, 0.2) is 18.2 Å². The van der Waals surface area contributed by atoms with E-state index in [9.17, 15) is 31.5 Å². The number of nitrogens with zero attached hydrogens (tertiary/aromatic N) is 2. The summed E-state index contributed by atoms with van der Waals surface area (Å²) in [6.45, 7) is 4.92. The quantitative estimate of drug-likeness (QED) is 0.600. The number of rotatable bonds is 5. The fourth-order valence-electron chi connectivity index (χ4n) is 4.78. The van der Waals surface area contributed by atoms with Gasteiger partial charge in [-0.1, -0.05) is 6.92 Å². The third-order valence-electron chi connectivity index (χ3n) is 6.65. The van der Waals surface area contributed by atoms with E-state index in [-0.39, 0.29) is 42.7 Å². The molecule has 1 saturated heterocycles. The maximum atomic E-state index is 14.6. The highest BCUT2D eigenvalue weighted by molar-refractivity contribution is 6.01. The predicted octanol–water partition coefficient (Wildman–Crippen LogP) is 4.82. The van der Waals surface area contributed by atoms with Gasteiger partial charge >= 0.3 is 6.18 Å². The second-order valence-corrected chi connectivity index (χ2v) is 8.87. The van der Waals surface area contributed by atoms with E-state index in [1.54, 1.807) is 16.4 Å². The first-order valence-electron chi connectivity index (χ1n) is 11.5. The van der Waals surface area contributed by atoms with Crippen molar-refractivity contribution in [2.45, 2.75) is 64.5 Å². The van der Waals surface area contributed by atoms with E-state index in [1.807, 2.05) is 6.92 Å². The Balaban J connectivity index is 1.64. The van der Waals surface area contributed by atoms with Crippen LogP contribution in [0.1, 0.15) is 76.8 Å². The number of ether oxygens (including phenoxy) is 1.